The Hall–Kier alpha value is -1.16. The first-order chi connectivity index (χ1) is 8.16. The molecule has 1 saturated carbocycles. The summed E-state index contributed by atoms with van der Waals surface area (Å²) in [5, 5.41) is 10.8. The first kappa shape index (κ1) is 12.3. The number of rotatable bonds is 4. The lowest BCUT2D eigenvalue weighted by Crippen LogP contribution is -2.14. The Morgan fingerprint density at radius 3 is 2.76 bits per heavy atom. The highest BCUT2D eigenvalue weighted by molar-refractivity contribution is 7.10. The molecule has 1 aliphatic rings. The van der Waals surface area contributed by atoms with Crippen molar-refractivity contribution in [1.29, 1.82) is 0 Å². The zero-order valence-electron chi connectivity index (χ0n) is 9.65. The predicted octanol–water partition coefficient (Wildman–Crippen LogP) is 3.14. The number of carboxylic acid groups (broad SMARTS) is 1. The van der Waals surface area contributed by atoms with Crippen LogP contribution in [0.3, 0.4) is 0 Å². The van der Waals surface area contributed by atoms with Gasteiger partial charge >= 0.3 is 5.97 Å². The summed E-state index contributed by atoms with van der Waals surface area (Å²) in [5.74, 6) is 0.139. The average Bonchev–Trinajstić information content (AvgIpc) is 2.76. The molecule has 1 N–H and O–H groups in total. The summed E-state index contributed by atoms with van der Waals surface area (Å²) in [6.07, 6.45) is 5.22. The molecular formula is C13H16O3S. The van der Waals surface area contributed by atoms with Crippen LogP contribution in [0.15, 0.2) is 11.4 Å². The first-order valence-corrected chi connectivity index (χ1v) is 6.86. The summed E-state index contributed by atoms with van der Waals surface area (Å²) in [7, 11) is 0. The van der Waals surface area contributed by atoms with Gasteiger partial charge in [-0.25, -0.2) is 4.79 Å². The fraction of sp³-hybridized carbons (Fsp3) is 0.538. The Balaban J connectivity index is 1.87. The molecule has 0 atom stereocenters. The highest BCUT2D eigenvalue weighted by Crippen LogP contribution is 2.28. The van der Waals surface area contributed by atoms with Gasteiger partial charge in [0.05, 0.1) is 5.56 Å². The number of Topliss-reactive ketones (excluding diaryl/α,β-unsaturated/α-hetero) is 1. The minimum atomic E-state index is -0.833. The Bertz CT molecular complexity index is 412. The molecular weight excluding hydrogens is 236 g/mol. The van der Waals surface area contributed by atoms with Gasteiger partial charge in [0.15, 0.2) is 0 Å². The van der Waals surface area contributed by atoms with Gasteiger partial charge in [-0.1, -0.05) is 0 Å². The normalized spacial score (nSPS) is 17.3. The van der Waals surface area contributed by atoms with E-state index in [2.05, 4.69) is 0 Å². The van der Waals surface area contributed by atoms with E-state index in [4.69, 9.17) is 5.11 Å². The Kier molecular flexibility index (Phi) is 3.94. The number of aromatic carboxylic acids is 1. The SMILES string of the molecule is O=C1CCC(CCc2sccc2C(=O)O)CC1. The van der Waals surface area contributed by atoms with E-state index >= 15 is 0 Å². The molecule has 2 rings (SSSR count). The van der Waals surface area contributed by atoms with Crippen molar-refractivity contribution >= 4 is 23.1 Å². The van der Waals surface area contributed by atoms with Gasteiger partial charge in [-0.05, 0) is 43.0 Å². The van der Waals surface area contributed by atoms with E-state index in [1.165, 1.54) is 11.3 Å². The quantitative estimate of drug-likeness (QED) is 0.895. The number of carboxylic acids is 1. The number of hydrogen-bond acceptors (Lipinski definition) is 3. The monoisotopic (exact) mass is 252 g/mol. The third kappa shape index (κ3) is 3.16. The molecule has 4 heteroatoms. The van der Waals surface area contributed by atoms with Crippen LogP contribution in [-0.4, -0.2) is 16.9 Å². The van der Waals surface area contributed by atoms with Crippen LogP contribution in [0.25, 0.3) is 0 Å². The third-order valence-electron chi connectivity index (χ3n) is 3.42. The molecule has 1 aliphatic carbocycles. The standard InChI is InChI=1S/C13H16O3S/c14-10-4-1-9(2-5-10)3-6-12-11(13(15)16)7-8-17-12/h7-9H,1-6H2,(H,15,16). The molecule has 0 amide bonds. The van der Waals surface area contributed by atoms with Gasteiger partial charge < -0.3 is 5.11 Å². The van der Waals surface area contributed by atoms with Crippen LogP contribution in [0.2, 0.25) is 0 Å². The second-order valence-electron chi connectivity index (χ2n) is 4.58. The lowest BCUT2D eigenvalue weighted by atomic mass is 9.85. The molecule has 0 unspecified atom stereocenters. The molecule has 1 heterocycles. The van der Waals surface area contributed by atoms with Gasteiger partial charge in [-0.15, -0.1) is 11.3 Å². The molecule has 0 bridgehead atoms. The third-order valence-corrected chi connectivity index (χ3v) is 4.40. The van der Waals surface area contributed by atoms with Crippen molar-refractivity contribution < 1.29 is 14.7 Å². The highest BCUT2D eigenvalue weighted by atomic mass is 32.1. The molecule has 92 valence electrons. The summed E-state index contributed by atoms with van der Waals surface area (Å²) in [6.45, 7) is 0. The summed E-state index contributed by atoms with van der Waals surface area (Å²) in [4.78, 5) is 23.0. The van der Waals surface area contributed by atoms with E-state index in [1.807, 2.05) is 5.38 Å². The van der Waals surface area contributed by atoms with E-state index in [-0.39, 0.29) is 0 Å². The number of carbonyl (C=O) groups is 2. The molecule has 3 nitrogen and oxygen atoms in total. The van der Waals surface area contributed by atoms with Crippen LogP contribution >= 0.6 is 11.3 Å². The zero-order valence-corrected chi connectivity index (χ0v) is 10.5. The fourth-order valence-electron chi connectivity index (χ4n) is 2.35. The van der Waals surface area contributed by atoms with Crippen molar-refractivity contribution in [3.63, 3.8) is 0 Å². The molecule has 1 aromatic heterocycles. The lowest BCUT2D eigenvalue weighted by Gasteiger charge is -2.20. The van der Waals surface area contributed by atoms with Crippen molar-refractivity contribution in [2.24, 2.45) is 5.92 Å². The maximum absolute atomic E-state index is 11.1. The Morgan fingerprint density at radius 1 is 1.41 bits per heavy atom. The van der Waals surface area contributed by atoms with Crippen LogP contribution in [0.5, 0.6) is 0 Å². The molecule has 0 aromatic carbocycles. The van der Waals surface area contributed by atoms with E-state index in [1.54, 1.807) is 6.07 Å². The van der Waals surface area contributed by atoms with Gasteiger partial charge in [0.25, 0.3) is 0 Å². The summed E-state index contributed by atoms with van der Waals surface area (Å²) < 4.78 is 0. The van der Waals surface area contributed by atoms with Gasteiger partial charge in [0.2, 0.25) is 0 Å². The average molecular weight is 252 g/mol. The van der Waals surface area contributed by atoms with Crippen LogP contribution in [0.1, 0.15) is 47.3 Å². The molecule has 1 aromatic rings. The van der Waals surface area contributed by atoms with Crippen LogP contribution in [-0.2, 0) is 11.2 Å². The van der Waals surface area contributed by atoms with E-state index < -0.39 is 5.97 Å². The highest BCUT2D eigenvalue weighted by Gasteiger charge is 2.19. The molecule has 0 aliphatic heterocycles. The maximum Gasteiger partial charge on any atom is 0.336 e. The van der Waals surface area contributed by atoms with Crippen molar-refractivity contribution in [3.05, 3.63) is 21.9 Å². The zero-order chi connectivity index (χ0) is 12.3. The number of aryl methyl sites for hydroxylation is 1. The summed E-state index contributed by atoms with van der Waals surface area (Å²) in [5.41, 5.74) is 0.446. The first-order valence-electron chi connectivity index (χ1n) is 5.98. The topological polar surface area (TPSA) is 54.4 Å². The van der Waals surface area contributed by atoms with Crippen molar-refractivity contribution in [3.8, 4) is 0 Å². The molecule has 17 heavy (non-hydrogen) atoms. The van der Waals surface area contributed by atoms with Crippen LogP contribution in [0, 0.1) is 5.92 Å². The number of ketones is 1. The van der Waals surface area contributed by atoms with Gasteiger partial charge in [-0.2, -0.15) is 0 Å². The van der Waals surface area contributed by atoms with Crippen LogP contribution in [0.4, 0.5) is 0 Å². The fourth-order valence-corrected chi connectivity index (χ4v) is 3.23. The van der Waals surface area contributed by atoms with Gasteiger partial charge in [0.1, 0.15) is 5.78 Å². The van der Waals surface area contributed by atoms with E-state index in [9.17, 15) is 9.59 Å². The second kappa shape index (κ2) is 5.45. The summed E-state index contributed by atoms with van der Waals surface area (Å²) >= 11 is 1.52. The largest absolute Gasteiger partial charge is 0.478 e. The molecule has 1 fully saturated rings. The van der Waals surface area contributed by atoms with Crippen LogP contribution < -0.4 is 0 Å². The van der Waals surface area contributed by atoms with E-state index in [0.29, 0.717) is 30.1 Å². The lowest BCUT2D eigenvalue weighted by molar-refractivity contribution is -0.121. The van der Waals surface area contributed by atoms with E-state index in [0.717, 1.165) is 30.6 Å². The minimum Gasteiger partial charge on any atom is -0.478 e. The Morgan fingerprint density at radius 2 is 2.12 bits per heavy atom. The van der Waals surface area contributed by atoms with Crippen molar-refractivity contribution in [2.45, 2.75) is 38.5 Å². The second-order valence-corrected chi connectivity index (χ2v) is 5.58. The molecule has 0 spiro atoms. The van der Waals surface area contributed by atoms with Gasteiger partial charge in [-0.3, -0.25) is 4.79 Å². The van der Waals surface area contributed by atoms with Crippen molar-refractivity contribution in [1.82, 2.24) is 0 Å². The molecule has 0 saturated heterocycles. The molecule has 0 radical (unpaired) electrons. The van der Waals surface area contributed by atoms with Crippen molar-refractivity contribution in [2.75, 3.05) is 0 Å². The van der Waals surface area contributed by atoms with Gasteiger partial charge in [0, 0.05) is 17.7 Å². The number of thiophene rings is 1. The summed E-state index contributed by atoms with van der Waals surface area (Å²) in [6, 6.07) is 1.67. The minimum absolute atomic E-state index is 0.378. The smallest absolute Gasteiger partial charge is 0.336 e. The number of hydrogen-bond donors (Lipinski definition) is 1. The number of carbonyl (C=O) groups excluding carboxylic acids is 1. The Labute approximate surface area is 104 Å². The maximum atomic E-state index is 11.1. The predicted molar refractivity (Wildman–Crippen MR) is 66.6 cm³/mol.